The van der Waals surface area contributed by atoms with E-state index in [0.29, 0.717) is 0 Å². The standard InChI is InChI=1S/C51H38N2/c1-50(2)45-33-36(35-26-30-48-44(32-35)43-22-12-13-23-47(43)53(48)49-24-14-15-31-52-49)25-28-41(45)42-29-27-40(34-46(42)50)51(37-16-6-3-7-17-37,38-18-8-4-9-19-38)39-20-10-5-11-21-39/h3-34H,1-2H3. The molecule has 0 saturated heterocycles. The van der Waals surface area contributed by atoms with E-state index in [2.05, 4.69) is 200 Å². The third-order valence-corrected chi connectivity index (χ3v) is 11.6. The van der Waals surface area contributed by atoms with Gasteiger partial charge in [0.1, 0.15) is 5.82 Å². The molecule has 0 fully saturated rings. The molecule has 0 amide bonds. The summed E-state index contributed by atoms with van der Waals surface area (Å²) in [5.41, 5.74) is 14.5. The molecule has 1 aliphatic carbocycles. The smallest absolute Gasteiger partial charge is 0.137 e. The number of para-hydroxylation sites is 1. The lowest BCUT2D eigenvalue weighted by Gasteiger charge is -2.37. The monoisotopic (exact) mass is 678 g/mol. The molecule has 10 rings (SSSR count). The van der Waals surface area contributed by atoms with Gasteiger partial charge in [-0.2, -0.15) is 0 Å². The molecule has 0 N–H and O–H groups in total. The SMILES string of the molecule is CC1(C)c2cc(-c3ccc4c(c3)c3ccccc3n4-c3ccccn3)ccc2-c2ccc(C(c3ccccc3)(c3ccccc3)c3ccccc3)cc21. The van der Waals surface area contributed by atoms with Crippen LogP contribution in [0.4, 0.5) is 0 Å². The van der Waals surface area contributed by atoms with E-state index in [1.165, 1.54) is 66.4 Å². The molecule has 2 heteroatoms. The second kappa shape index (κ2) is 12.0. The molecule has 0 unspecified atom stereocenters. The molecule has 0 saturated carbocycles. The van der Waals surface area contributed by atoms with Gasteiger partial charge >= 0.3 is 0 Å². The lowest BCUT2D eigenvalue weighted by atomic mass is 9.64. The first-order valence-electron chi connectivity index (χ1n) is 18.5. The number of aromatic nitrogens is 2. The van der Waals surface area contributed by atoms with Crippen LogP contribution in [-0.2, 0) is 10.8 Å². The first kappa shape index (κ1) is 31.2. The molecule has 53 heavy (non-hydrogen) atoms. The minimum absolute atomic E-state index is 0.203. The van der Waals surface area contributed by atoms with E-state index in [-0.39, 0.29) is 5.41 Å². The van der Waals surface area contributed by atoms with Crippen molar-refractivity contribution in [1.29, 1.82) is 0 Å². The zero-order chi connectivity index (χ0) is 35.6. The van der Waals surface area contributed by atoms with Gasteiger partial charge in [-0.15, -0.1) is 0 Å². The third kappa shape index (κ3) is 4.69. The fourth-order valence-corrected chi connectivity index (χ4v) is 9.10. The van der Waals surface area contributed by atoms with Crippen LogP contribution in [0.2, 0.25) is 0 Å². The Morgan fingerprint density at radius 1 is 0.434 bits per heavy atom. The topological polar surface area (TPSA) is 17.8 Å². The van der Waals surface area contributed by atoms with Gasteiger partial charge in [-0.3, -0.25) is 4.57 Å². The highest BCUT2D eigenvalue weighted by Crippen LogP contribution is 2.53. The van der Waals surface area contributed by atoms with Crippen LogP contribution in [0.25, 0.3) is 49.9 Å². The largest absolute Gasteiger partial charge is 0.294 e. The summed E-state index contributed by atoms with van der Waals surface area (Å²) in [4.78, 5) is 4.71. The number of fused-ring (bicyclic) bond motifs is 6. The predicted molar refractivity (Wildman–Crippen MR) is 220 cm³/mol. The van der Waals surface area contributed by atoms with Gasteiger partial charge in [-0.05, 0) is 92.0 Å². The highest BCUT2D eigenvalue weighted by atomic mass is 15.1. The number of hydrogen-bond donors (Lipinski definition) is 0. The Hall–Kier alpha value is -6.51. The van der Waals surface area contributed by atoms with Crippen molar-refractivity contribution < 1.29 is 0 Å². The van der Waals surface area contributed by atoms with Gasteiger partial charge < -0.3 is 0 Å². The minimum Gasteiger partial charge on any atom is -0.294 e. The maximum absolute atomic E-state index is 4.71. The summed E-state index contributed by atoms with van der Waals surface area (Å²) < 4.78 is 2.27. The van der Waals surface area contributed by atoms with Gasteiger partial charge in [-0.1, -0.05) is 166 Å². The number of nitrogens with zero attached hydrogens (tertiary/aromatic N) is 2. The molecule has 252 valence electrons. The van der Waals surface area contributed by atoms with E-state index in [1.807, 2.05) is 12.3 Å². The molecular formula is C51H38N2. The third-order valence-electron chi connectivity index (χ3n) is 11.6. The van der Waals surface area contributed by atoms with E-state index < -0.39 is 5.41 Å². The normalized spacial score (nSPS) is 13.2. The second-order valence-corrected chi connectivity index (χ2v) is 14.8. The maximum atomic E-state index is 4.71. The van der Waals surface area contributed by atoms with Crippen LogP contribution in [0.5, 0.6) is 0 Å². The molecule has 0 aliphatic heterocycles. The van der Waals surface area contributed by atoms with Crippen molar-refractivity contribution in [2.75, 3.05) is 0 Å². The van der Waals surface area contributed by atoms with Crippen molar-refractivity contribution in [2.24, 2.45) is 0 Å². The van der Waals surface area contributed by atoms with Crippen LogP contribution in [0.1, 0.15) is 47.2 Å². The molecule has 0 radical (unpaired) electrons. The summed E-state index contributed by atoms with van der Waals surface area (Å²) in [5.74, 6) is 0.929. The number of pyridine rings is 1. The Bertz CT molecular complexity index is 2680. The summed E-state index contributed by atoms with van der Waals surface area (Å²) in [6.07, 6.45) is 1.86. The van der Waals surface area contributed by atoms with E-state index in [0.717, 1.165) is 16.9 Å². The van der Waals surface area contributed by atoms with Gasteiger partial charge in [0.2, 0.25) is 0 Å². The molecule has 0 atom stereocenters. The van der Waals surface area contributed by atoms with Crippen LogP contribution in [-0.4, -0.2) is 9.55 Å². The van der Waals surface area contributed by atoms with Crippen LogP contribution in [0.3, 0.4) is 0 Å². The van der Waals surface area contributed by atoms with E-state index in [1.54, 1.807) is 0 Å². The average Bonchev–Trinajstić information content (AvgIpc) is 3.67. The highest BCUT2D eigenvalue weighted by molar-refractivity contribution is 6.10. The summed E-state index contributed by atoms with van der Waals surface area (Å²) in [7, 11) is 0. The Kier molecular flexibility index (Phi) is 7.10. The molecule has 7 aromatic carbocycles. The summed E-state index contributed by atoms with van der Waals surface area (Å²) >= 11 is 0. The minimum atomic E-state index is -0.487. The average molecular weight is 679 g/mol. The molecule has 0 bridgehead atoms. The summed E-state index contributed by atoms with van der Waals surface area (Å²) in [5, 5.41) is 2.46. The number of rotatable bonds is 6. The molecule has 2 aromatic heterocycles. The lowest BCUT2D eigenvalue weighted by Crippen LogP contribution is -2.31. The quantitative estimate of drug-likeness (QED) is 0.160. The van der Waals surface area contributed by atoms with Crippen molar-refractivity contribution in [3.63, 3.8) is 0 Å². The van der Waals surface area contributed by atoms with Crippen LogP contribution < -0.4 is 0 Å². The van der Waals surface area contributed by atoms with Crippen molar-refractivity contribution in [2.45, 2.75) is 24.7 Å². The first-order chi connectivity index (χ1) is 26.0. The van der Waals surface area contributed by atoms with E-state index in [4.69, 9.17) is 4.98 Å². The van der Waals surface area contributed by atoms with Crippen LogP contribution in [0, 0.1) is 0 Å². The lowest BCUT2D eigenvalue weighted by molar-refractivity contribution is 0.655. The van der Waals surface area contributed by atoms with Crippen molar-refractivity contribution in [1.82, 2.24) is 9.55 Å². The van der Waals surface area contributed by atoms with Gasteiger partial charge in [0, 0.05) is 22.4 Å². The van der Waals surface area contributed by atoms with Crippen molar-refractivity contribution >= 4 is 21.8 Å². The number of hydrogen-bond acceptors (Lipinski definition) is 1. The fourth-order valence-electron chi connectivity index (χ4n) is 9.10. The van der Waals surface area contributed by atoms with Crippen molar-refractivity contribution in [3.8, 4) is 28.1 Å². The van der Waals surface area contributed by atoms with E-state index in [9.17, 15) is 0 Å². The molecule has 1 aliphatic rings. The predicted octanol–water partition coefficient (Wildman–Crippen LogP) is 12.5. The number of benzene rings is 7. The zero-order valence-electron chi connectivity index (χ0n) is 29.9. The van der Waals surface area contributed by atoms with Crippen LogP contribution >= 0.6 is 0 Å². The summed E-state index contributed by atoms with van der Waals surface area (Å²) in [6.45, 7) is 4.79. The summed E-state index contributed by atoms with van der Waals surface area (Å²) in [6, 6.07) is 69.0. The van der Waals surface area contributed by atoms with E-state index >= 15 is 0 Å². The molecule has 2 heterocycles. The van der Waals surface area contributed by atoms with Gasteiger partial charge in [0.25, 0.3) is 0 Å². The second-order valence-electron chi connectivity index (χ2n) is 14.8. The Morgan fingerprint density at radius 3 is 1.60 bits per heavy atom. The van der Waals surface area contributed by atoms with Gasteiger partial charge in [0.05, 0.1) is 16.4 Å². The molecule has 0 spiro atoms. The van der Waals surface area contributed by atoms with Gasteiger partial charge in [0.15, 0.2) is 0 Å². The van der Waals surface area contributed by atoms with Gasteiger partial charge in [-0.25, -0.2) is 4.98 Å². The first-order valence-corrected chi connectivity index (χ1v) is 18.5. The molecule has 9 aromatic rings. The maximum Gasteiger partial charge on any atom is 0.137 e. The zero-order valence-corrected chi connectivity index (χ0v) is 29.9. The highest BCUT2D eigenvalue weighted by Gasteiger charge is 2.42. The molecule has 2 nitrogen and oxygen atoms in total. The molecular weight excluding hydrogens is 641 g/mol. The Balaban J connectivity index is 1.12. The van der Waals surface area contributed by atoms with Crippen LogP contribution in [0.15, 0.2) is 194 Å². The Morgan fingerprint density at radius 2 is 0.962 bits per heavy atom. The Labute approximate surface area is 310 Å². The van der Waals surface area contributed by atoms with Crippen molar-refractivity contribution in [3.05, 3.63) is 228 Å². The fraction of sp³-hybridized carbons (Fsp3) is 0.0784.